The molecule has 0 saturated carbocycles. The third kappa shape index (κ3) is 2.51. The van der Waals surface area contributed by atoms with Crippen molar-refractivity contribution >= 4 is 10.9 Å². The number of rotatable bonds is 5. The molecule has 0 saturated heterocycles. The van der Waals surface area contributed by atoms with Crippen molar-refractivity contribution in [3.05, 3.63) is 41.5 Å². The number of methoxy groups -OCH3 is 2. The summed E-state index contributed by atoms with van der Waals surface area (Å²) in [6.45, 7) is 1.82. The Kier molecular flexibility index (Phi) is 4.04. The maximum atomic E-state index is 10.0. The molecule has 0 unspecified atom stereocenters. The van der Waals surface area contributed by atoms with Crippen LogP contribution in [0.2, 0.25) is 0 Å². The SMILES string of the molecule is COc1cc(OC)c2c(c1)-c1c(c3cc(O)ccc3n1CCN(C)C)C2. The van der Waals surface area contributed by atoms with Crippen LogP contribution in [0.4, 0.5) is 0 Å². The van der Waals surface area contributed by atoms with Crippen LogP contribution in [0.25, 0.3) is 22.2 Å². The maximum Gasteiger partial charge on any atom is 0.126 e. The number of phenolic OH excluding ortho intramolecular Hbond substituents is 1. The van der Waals surface area contributed by atoms with Gasteiger partial charge in [0.25, 0.3) is 0 Å². The number of phenols is 1. The molecule has 1 aromatic heterocycles. The lowest BCUT2D eigenvalue weighted by atomic mass is 10.1. The van der Waals surface area contributed by atoms with Gasteiger partial charge in [-0.15, -0.1) is 0 Å². The normalized spacial score (nSPS) is 12.5. The molecule has 1 N–H and O–H groups in total. The van der Waals surface area contributed by atoms with Crippen molar-refractivity contribution in [1.82, 2.24) is 9.47 Å². The number of benzene rings is 2. The van der Waals surface area contributed by atoms with Crippen molar-refractivity contribution < 1.29 is 14.6 Å². The zero-order valence-electron chi connectivity index (χ0n) is 15.7. The van der Waals surface area contributed by atoms with Crippen LogP contribution >= 0.6 is 0 Å². The Morgan fingerprint density at radius 1 is 1.08 bits per heavy atom. The van der Waals surface area contributed by atoms with Gasteiger partial charge in [0.2, 0.25) is 0 Å². The summed E-state index contributed by atoms with van der Waals surface area (Å²) in [6, 6.07) is 9.67. The van der Waals surface area contributed by atoms with Crippen molar-refractivity contribution in [3.63, 3.8) is 0 Å². The van der Waals surface area contributed by atoms with E-state index in [0.29, 0.717) is 5.75 Å². The van der Waals surface area contributed by atoms with E-state index in [2.05, 4.69) is 29.6 Å². The van der Waals surface area contributed by atoms with E-state index in [0.717, 1.165) is 47.5 Å². The summed E-state index contributed by atoms with van der Waals surface area (Å²) in [6.07, 6.45) is 0.798. The number of likely N-dealkylation sites (N-methyl/N-ethyl adjacent to an activating group) is 1. The molecule has 3 aromatic rings. The molecular formula is C21H24N2O3. The molecule has 0 amide bonds. The van der Waals surface area contributed by atoms with Crippen molar-refractivity contribution in [2.45, 2.75) is 13.0 Å². The first-order valence-electron chi connectivity index (χ1n) is 8.77. The van der Waals surface area contributed by atoms with Crippen LogP contribution in [-0.4, -0.2) is 49.4 Å². The highest BCUT2D eigenvalue weighted by Gasteiger charge is 2.30. The van der Waals surface area contributed by atoms with Crippen LogP contribution in [0, 0.1) is 0 Å². The average Bonchev–Trinajstić information content (AvgIpc) is 3.14. The van der Waals surface area contributed by atoms with Gasteiger partial charge in [0.1, 0.15) is 17.2 Å². The molecule has 5 nitrogen and oxygen atoms in total. The molecule has 5 heteroatoms. The lowest BCUT2D eigenvalue weighted by molar-refractivity contribution is 0.387. The molecule has 1 aliphatic rings. The molecule has 4 rings (SSSR count). The Labute approximate surface area is 153 Å². The molecule has 1 aliphatic carbocycles. The van der Waals surface area contributed by atoms with E-state index < -0.39 is 0 Å². The predicted octanol–water partition coefficient (Wildman–Crippen LogP) is 3.50. The van der Waals surface area contributed by atoms with Gasteiger partial charge in [0.05, 0.1) is 19.9 Å². The summed E-state index contributed by atoms with van der Waals surface area (Å²) in [7, 11) is 7.54. The summed E-state index contributed by atoms with van der Waals surface area (Å²) in [5.41, 5.74) is 5.95. The van der Waals surface area contributed by atoms with Crippen LogP contribution in [0.1, 0.15) is 11.1 Å². The molecule has 1 heterocycles. The van der Waals surface area contributed by atoms with Crippen LogP contribution in [0.5, 0.6) is 17.2 Å². The van der Waals surface area contributed by atoms with E-state index in [1.807, 2.05) is 18.2 Å². The minimum Gasteiger partial charge on any atom is -0.508 e. The molecule has 0 fully saturated rings. The first kappa shape index (κ1) is 16.8. The molecule has 136 valence electrons. The summed E-state index contributed by atoms with van der Waals surface area (Å²) in [5, 5.41) is 11.1. The van der Waals surface area contributed by atoms with Crippen LogP contribution in [0.3, 0.4) is 0 Å². The van der Waals surface area contributed by atoms with E-state index in [-0.39, 0.29) is 0 Å². The van der Waals surface area contributed by atoms with Gasteiger partial charge in [0.15, 0.2) is 0 Å². The second-order valence-corrected chi connectivity index (χ2v) is 7.02. The number of fused-ring (bicyclic) bond motifs is 5. The number of ether oxygens (including phenoxy) is 2. The Balaban J connectivity index is 1.99. The number of hydrogen-bond donors (Lipinski definition) is 1. The third-order valence-electron chi connectivity index (χ3n) is 5.17. The van der Waals surface area contributed by atoms with E-state index in [1.165, 1.54) is 16.8 Å². The average molecular weight is 352 g/mol. The van der Waals surface area contributed by atoms with Gasteiger partial charge in [0, 0.05) is 47.6 Å². The van der Waals surface area contributed by atoms with Crippen LogP contribution in [-0.2, 0) is 13.0 Å². The fourth-order valence-electron chi connectivity index (χ4n) is 3.92. The summed E-state index contributed by atoms with van der Waals surface area (Å²) < 4.78 is 13.5. The number of aromatic nitrogens is 1. The summed E-state index contributed by atoms with van der Waals surface area (Å²) in [4.78, 5) is 2.18. The fourth-order valence-corrected chi connectivity index (χ4v) is 3.92. The van der Waals surface area contributed by atoms with Gasteiger partial charge < -0.3 is 24.0 Å². The Bertz CT molecular complexity index is 989. The molecule has 26 heavy (non-hydrogen) atoms. The first-order chi connectivity index (χ1) is 12.5. The Morgan fingerprint density at radius 2 is 1.88 bits per heavy atom. The van der Waals surface area contributed by atoms with E-state index in [9.17, 15) is 5.11 Å². The Hall–Kier alpha value is -2.66. The minimum absolute atomic E-state index is 0.297. The van der Waals surface area contributed by atoms with E-state index in [4.69, 9.17) is 9.47 Å². The van der Waals surface area contributed by atoms with Crippen molar-refractivity contribution in [2.75, 3.05) is 34.9 Å². The minimum atomic E-state index is 0.297. The predicted molar refractivity (Wildman–Crippen MR) is 104 cm³/mol. The van der Waals surface area contributed by atoms with Gasteiger partial charge in [-0.2, -0.15) is 0 Å². The second kappa shape index (κ2) is 6.25. The number of hydrogen-bond acceptors (Lipinski definition) is 4. The number of aromatic hydroxyl groups is 1. The lowest BCUT2D eigenvalue weighted by Crippen LogP contribution is -2.18. The van der Waals surface area contributed by atoms with Gasteiger partial charge in [-0.25, -0.2) is 0 Å². The summed E-state index contributed by atoms with van der Waals surface area (Å²) in [5.74, 6) is 1.94. The zero-order valence-corrected chi connectivity index (χ0v) is 15.7. The van der Waals surface area contributed by atoms with Crippen molar-refractivity contribution in [2.24, 2.45) is 0 Å². The molecular weight excluding hydrogens is 328 g/mol. The van der Waals surface area contributed by atoms with Crippen LogP contribution < -0.4 is 9.47 Å². The van der Waals surface area contributed by atoms with Gasteiger partial charge in [-0.05, 0) is 43.9 Å². The van der Waals surface area contributed by atoms with Gasteiger partial charge in [-0.1, -0.05) is 0 Å². The van der Waals surface area contributed by atoms with Gasteiger partial charge >= 0.3 is 0 Å². The highest BCUT2D eigenvalue weighted by Crippen LogP contribution is 2.48. The maximum absolute atomic E-state index is 10.0. The lowest BCUT2D eigenvalue weighted by Gasteiger charge is -2.16. The number of nitrogens with zero attached hydrogens (tertiary/aromatic N) is 2. The van der Waals surface area contributed by atoms with E-state index in [1.54, 1.807) is 20.3 Å². The molecule has 0 spiro atoms. The Morgan fingerprint density at radius 3 is 2.58 bits per heavy atom. The van der Waals surface area contributed by atoms with Crippen molar-refractivity contribution in [3.8, 4) is 28.5 Å². The van der Waals surface area contributed by atoms with Crippen LogP contribution in [0.15, 0.2) is 30.3 Å². The first-order valence-corrected chi connectivity index (χ1v) is 8.77. The molecule has 0 atom stereocenters. The van der Waals surface area contributed by atoms with E-state index >= 15 is 0 Å². The quantitative estimate of drug-likeness (QED) is 0.597. The third-order valence-corrected chi connectivity index (χ3v) is 5.17. The monoisotopic (exact) mass is 352 g/mol. The summed E-state index contributed by atoms with van der Waals surface area (Å²) >= 11 is 0. The molecule has 0 aliphatic heterocycles. The molecule has 0 radical (unpaired) electrons. The topological polar surface area (TPSA) is 46.9 Å². The largest absolute Gasteiger partial charge is 0.508 e. The highest BCUT2D eigenvalue weighted by molar-refractivity contribution is 5.97. The highest BCUT2D eigenvalue weighted by atomic mass is 16.5. The zero-order chi connectivity index (χ0) is 18.4. The molecule has 0 bridgehead atoms. The molecule has 2 aromatic carbocycles. The van der Waals surface area contributed by atoms with Crippen molar-refractivity contribution in [1.29, 1.82) is 0 Å². The standard InChI is InChI=1S/C21H24N2O3/c1-22(2)7-8-23-19-6-5-13(24)9-15(19)18-12-16-17(21(18)23)10-14(25-3)11-20(16)26-4/h5-6,9-11,24H,7-8,12H2,1-4H3. The second-order valence-electron chi connectivity index (χ2n) is 7.02. The van der Waals surface area contributed by atoms with Gasteiger partial charge in [-0.3, -0.25) is 0 Å². The fraction of sp³-hybridized carbons (Fsp3) is 0.333. The smallest absolute Gasteiger partial charge is 0.126 e.